The van der Waals surface area contributed by atoms with Gasteiger partial charge in [0, 0.05) is 11.5 Å². The lowest BCUT2D eigenvalue weighted by atomic mass is 10.2. The highest BCUT2D eigenvalue weighted by atomic mass is 32.2. The summed E-state index contributed by atoms with van der Waals surface area (Å²) in [6, 6.07) is 8.41. The van der Waals surface area contributed by atoms with Crippen molar-refractivity contribution in [1.29, 1.82) is 0 Å². The van der Waals surface area contributed by atoms with E-state index in [1.165, 1.54) is 6.92 Å². The van der Waals surface area contributed by atoms with Gasteiger partial charge in [0.15, 0.2) is 0 Å². The first-order valence-electron chi connectivity index (χ1n) is 5.41. The van der Waals surface area contributed by atoms with Crippen molar-refractivity contribution in [2.75, 3.05) is 12.9 Å². The molecule has 1 aromatic heterocycles. The van der Waals surface area contributed by atoms with Crippen LogP contribution < -0.4 is 8.92 Å². The van der Waals surface area contributed by atoms with Crippen molar-refractivity contribution in [1.82, 2.24) is 4.98 Å². The Morgan fingerprint density at radius 3 is 2.67 bits per heavy atom. The number of rotatable bonds is 4. The van der Waals surface area contributed by atoms with Crippen molar-refractivity contribution in [3.63, 3.8) is 0 Å². The quantitative estimate of drug-likeness (QED) is 0.792. The monoisotopic (exact) mass is 267 g/mol. The highest BCUT2D eigenvalue weighted by Gasteiger charge is 2.09. The number of fused-ring (bicyclic) bond motifs is 1. The van der Waals surface area contributed by atoms with Gasteiger partial charge in [-0.15, -0.1) is 0 Å². The van der Waals surface area contributed by atoms with Crippen molar-refractivity contribution >= 4 is 21.0 Å². The Labute approximate surface area is 105 Å². The number of hydrogen-bond donors (Lipinski definition) is 0. The van der Waals surface area contributed by atoms with Gasteiger partial charge in [0.2, 0.25) is 5.88 Å². The van der Waals surface area contributed by atoms with Crippen molar-refractivity contribution in [2.24, 2.45) is 0 Å². The average molecular weight is 267 g/mol. The van der Waals surface area contributed by atoms with Crippen molar-refractivity contribution in [3.8, 4) is 11.6 Å². The van der Waals surface area contributed by atoms with Gasteiger partial charge in [0.25, 0.3) is 0 Å². The lowest BCUT2D eigenvalue weighted by Gasteiger charge is -2.06. The standard InChI is InChI=1S/C12H13NO4S/c1-3-18(14,15)17-10-5-6-11-9(8-10)4-7-12(13-11)16-2/h4-8H,3H2,1-2H3. The fourth-order valence-electron chi connectivity index (χ4n) is 1.46. The van der Waals surface area contributed by atoms with E-state index in [2.05, 4.69) is 4.98 Å². The van der Waals surface area contributed by atoms with Gasteiger partial charge >= 0.3 is 10.1 Å². The van der Waals surface area contributed by atoms with Crippen LogP contribution in [0.5, 0.6) is 11.6 Å². The first kappa shape index (κ1) is 12.6. The molecule has 2 rings (SSSR count). The molecule has 0 aliphatic rings. The van der Waals surface area contributed by atoms with E-state index in [0.717, 1.165) is 10.9 Å². The first-order valence-corrected chi connectivity index (χ1v) is 6.99. The van der Waals surface area contributed by atoms with E-state index >= 15 is 0 Å². The third-order valence-electron chi connectivity index (χ3n) is 2.42. The maximum absolute atomic E-state index is 11.3. The molecular formula is C12H13NO4S. The van der Waals surface area contributed by atoms with E-state index in [9.17, 15) is 8.42 Å². The SMILES string of the molecule is CCS(=O)(=O)Oc1ccc2nc(OC)ccc2c1. The molecule has 0 unspecified atom stereocenters. The predicted octanol–water partition coefficient (Wildman–Crippen LogP) is 1.97. The minimum Gasteiger partial charge on any atom is -0.481 e. The summed E-state index contributed by atoms with van der Waals surface area (Å²) >= 11 is 0. The van der Waals surface area contributed by atoms with E-state index in [0.29, 0.717) is 5.88 Å². The van der Waals surface area contributed by atoms with Crippen LogP contribution in [-0.4, -0.2) is 26.3 Å². The van der Waals surface area contributed by atoms with Crippen molar-refractivity contribution in [3.05, 3.63) is 30.3 Å². The fourth-order valence-corrected chi connectivity index (χ4v) is 1.97. The number of pyridine rings is 1. The molecule has 5 nitrogen and oxygen atoms in total. The van der Waals surface area contributed by atoms with Crippen LogP contribution in [0.25, 0.3) is 10.9 Å². The van der Waals surface area contributed by atoms with Gasteiger partial charge in [-0.1, -0.05) is 0 Å². The summed E-state index contributed by atoms with van der Waals surface area (Å²) in [6.07, 6.45) is 0. The highest BCUT2D eigenvalue weighted by Crippen LogP contribution is 2.22. The fraction of sp³-hybridized carbons (Fsp3) is 0.250. The molecule has 0 aliphatic carbocycles. The highest BCUT2D eigenvalue weighted by molar-refractivity contribution is 7.87. The molecule has 0 N–H and O–H groups in total. The lowest BCUT2D eigenvalue weighted by molar-refractivity contribution is 0.399. The summed E-state index contributed by atoms with van der Waals surface area (Å²) in [5.41, 5.74) is 0.718. The Morgan fingerprint density at radius 2 is 2.00 bits per heavy atom. The molecule has 0 aliphatic heterocycles. The zero-order chi connectivity index (χ0) is 13.2. The summed E-state index contributed by atoms with van der Waals surface area (Å²) < 4.78 is 32.6. The van der Waals surface area contributed by atoms with Gasteiger partial charge in [-0.25, -0.2) is 4.98 Å². The number of methoxy groups -OCH3 is 1. The van der Waals surface area contributed by atoms with Crippen LogP contribution in [0, 0.1) is 0 Å². The summed E-state index contributed by atoms with van der Waals surface area (Å²) in [6.45, 7) is 1.53. The Balaban J connectivity index is 2.39. The largest absolute Gasteiger partial charge is 0.481 e. The van der Waals surface area contributed by atoms with E-state index in [4.69, 9.17) is 8.92 Å². The third-order valence-corrected chi connectivity index (χ3v) is 3.57. The minimum atomic E-state index is -3.50. The van der Waals surface area contributed by atoms with Crippen LogP contribution in [0.1, 0.15) is 6.92 Å². The lowest BCUT2D eigenvalue weighted by Crippen LogP contribution is -2.11. The molecule has 0 fully saturated rings. The average Bonchev–Trinajstić information content (AvgIpc) is 2.37. The van der Waals surface area contributed by atoms with Gasteiger partial charge in [0.05, 0.1) is 18.4 Å². The summed E-state index contributed by atoms with van der Waals surface area (Å²) in [4.78, 5) is 4.22. The molecule has 0 amide bonds. The van der Waals surface area contributed by atoms with Gasteiger partial charge < -0.3 is 8.92 Å². The second-order valence-corrected chi connectivity index (χ2v) is 5.50. The number of nitrogens with zero attached hydrogens (tertiary/aromatic N) is 1. The van der Waals surface area contributed by atoms with E-state index < -0.39 is 10.1 Å². The minimum absolute atomic E-state index is 0.0636. The van der Waals surface area contributed by atoms with Crippen molar-refractivity contribution in [2.45, 2.75) is 6.92 Å². The summed E-state index contributed by atoms with van der Waals surface area (Å²) in [7, 11) is -1.96. The molecule has 96 valence electrons. The second-order valence-electron chi connectivity index (χ2n) is 3.64. The Hall–Kier alpha value is -1.82. The number of hydrogen-bond acceptors (Lipinski definition) is 5. The first-order chi connectivity index (χ1) is 8.54. The number of benzene rings is 1. The zero-order valence-electron chi connectivity index (χ0n) is 10.1. The van der Waals surface area contributed by atoms with Crippen LogP contribution in [0.3, 0.4) is 0 Å². The van der Waals surface area contributed by atoms with Crippen LogP contribution >= 0.6 is 0 Å². The molecule has 1 aromatic carbocycles. The van der Waals surface area contributed by atoms with Crippen molar-refractivity contribution < 1.29 is 17.3 Å². The predicted molar refractivity (Wildman–Crippen MR) is 68.4 cm³/mol. The zero-order valence-corrected chi connectivity index (χ0v) is 10.9. The normalized spacial score (nSPS) is 11.4. The molecular weight excluding hydrogens is 254 g/mol. The van der Waals surface area contributed by atoms with Crippen LogP contribution in [0.4, 0.5) is 0 Å². The van der Waals surface area contributed by atoms with E-state index in [1.807, 2.05) is 0 Å². The summed E-state index contributed by atoms with van der Waals surface area (Å²) in [5.74, 6) is 0.736. The third kappa shape index (κ3) is 2.70. The van der Waals surface area contributed by atoms with Gasteiger partial charge in [-0.2, -0.15) is 8.42 Å². The van der Waals surface area contributed by atoms with Crippen LogP contribution in [-0.2, 0) is 10.1 Å². The Kier molecular flexibility index (Phi) is 3.38. The molecule has 0 saturated heterocycles. The molecule has 1 heterocycles. The molecule has 6 heteroatoms. The number of ether oxygens (including phenoxy) is 1. The topological polar surface area (TPSA) is 65.5 Å². The van der Waals surface area contributed by atoms with Crippen LogP contribution in [0.15, 0.2) is 30.3 Å². The van der Waals surface area contributed by atoms with Gasteiger partial charge in [0.1, 0.15) is 5.75 Å². The molecule has 2 aromatic rings. The molecule has 18 heavy (non-hydrogen) atoms. The number of aromatic nitrogens is 1. The molecule has 0 bridgehead atoms. The van der Waals surface area contributed by atoms with Crippen LogP contribution in [0.2, 0.25) is 0 Å². The van der Waals surface area contributed by atoms with Gasteiger partial charge in [-0.05, 0) is 31.2 Å². The molecule has 0 atom stereocenters. The summed E-state index contributed by atoms with van der Waals surface area (Å²) in [5, 5.41) is 0.791. The maximum Gasteiger partial charge on any atom is 0.308 e. The van der Waals surface area contributed by atoms with Gasteiger partial charge in [-0.3, -0.25) is 0 Å². The Morgan fingerprint density at radius 1 is 1.22 bits per heavy atom. The maximum atomic E-state index is 11.3. The molecule has 0 radical (unpaired) electrons. The molecule has 0 spiro atoms. The smallest absolute Gasteiger partial charge is 0.308 e. The Bertz CT molecular complexity index is 667. The molecule has 0 saturated carbocycles. The van der Waals surface area contributed by atoms with E-state index in [1.54, 1.807) is 37.4 Å². The van der Waals surface area contributed by atoms with E-state index in [-0.39, 0.29) is 11.5 Å². The second kappa shape index (κ2) is 4.81.